The summed E-state index contributed by atoms with van der Waals surface area (Å²) in [4.78, 5) is 26.3. The molecule has 0 aliphatic heterocycles. The zero-order chi connectivity index (χ0) is 14.4. The molecule has 1 fully saturated rings. The third-order valence-electron chi connectivity index (χ3n) is 3.26. The first kappa shape index (κ1) is 14.5. The van der Waals surface area contributed by atoms with Crippen molar-refractivity contribution in [3.63, 3.8) is 0 Å². The monoisotopic (exact) mass is 282 g/mol. The van der Waals surface area contributed by atoms with E-state index in [0.29, 0.717) is 0 Å². The first-order valence-corrected chi connectivity index (χ1v) is 6.69. The van der Waals surface area contributed by atoms with Gasteiger partial charge in [-0.15, -0.1) is 0 Å². The molecular weight excluding hydrogens is 264 g/mol. The molecule has 1 aromatic heterocycles. The van der Waals surface area contributed by atoms with Crippen LogP contribution in [0.2, 0.25) is 0 Å². The molecule has 0 atom stereocenters. The van der Waals surface area contributed by atoms with E-state index < -0.39 is 12.6 Å². The first-order valence-electron chi connectivity index (χ1n) is 6.69. The molecular formula is C13H18N2O5. The van der Waals surface area contributed by atoms with Crippen molar-refractivity contribution in [2.24, 2.45) is 0 Å². The van der Waals surface area contributed by atoms with Crippen LogP contribution in [-0.4, -0.2) is 34.6 Å². The maximum Gasteiger partial charge on any atom is 0.329 e. The van der Waals surface area contributed by atoms with Crippen LogP contribution >= 0.6 is 0 Å². The number of nitrogens with one attached hydrogen (secondary N) is 1. The second-order valence-electron chi connectivity index (χ2n) is 4.82. The van der Waals surface area contributed by atoms with Crippen LogP contribution in [0.15, 0.2) is 10.8 Å². The minimum absolute atomic E-state index is 0.0836. The summed E-state index contributed by atoms with van der Waals surface area (Å²) in [6.07, 6.45) is 6.58. The number of aliphatic carboxylic acids is 1. The number of nitrogens with zero attached hydrogens (tertiary/aromatic N) is 1. The fourth-order valence-corrected chi connectivity index (χ4v) is 2.29. The highest BCUT2D eigenvalue weighted by Gasteiger charge is 2.21. The maximum atomic E-state index is 12.1. The molecule has 1 aliphatic carbocycles. The van der Waals surface area contributed by atoms with Gasteiger partial charge >= 0.3 is 5.97 Å². The Labute approximate surface area is 116 Å². The number of aromatic nitrogens is 1. The molecule has 0 radical (unpaired) electrons. The Hall–Kier alpha value is -1.89. The van der Waals surface area contributed by atoms with Gasteiger partial charge in [-0.05, 0) is 12.8 Å². The predicted molar refractivity (Wildman–Crippen MR) is 68.1 cm³/mol. The van der Waals surface area contributed by atoms with Crippen LogP contribution < -0.4 is 5.32 Å². The summed E-state index contributed by atoms with van der Waals surface area (Å²) in [5, 5.41) is 11.4. The number of carboxylic acid groups (broad SMARTS) is 1. The van der Waals surface area contributed by atoms with Crippen molar-refractivity contribution >= 4 is 11.9 Å². The Morgan fingerprint density at radius 2 is 2.15 bits per heavy atom. The number of carboxylic acids is 1. The van der Waals surface area contributed by atoms with Gasteiger partial charge in [-0.25, -0.2) is 9.78 Å². The maximum absolute atomic E-state index is 12.1. The quantitative estimate of drug-likeness (QED) is 0.816. The van der Waals surface area contributed by atoms with Crippen molar-refractivity contribution in [1.82, 2.24) is 10.3 Å². The van der Waals surface area contributed by atoms with Crippen LogP contribution in [0.5, 0.6) is 0 Å². The lowest BCUT2D eigenvalue weighted by Crippen LogP contribution is -2.36. The number of amides is 1. The summed E-state index contributed by atoms with van der Waals surface area (Å²) >= 11 is 0. The summed E-state index contributed by atoms with van der Waals surface area (Å²) in [7, 11) is 0. The number of oxazole rings is 1. The van der Waals surface area contributed by atoms with Crippen molar-refractivity contribution in [2.45, 2.75) is 44.8 Å². The largest absolute Gasteiger partial charge is 0.480 e. The Bertz CT molecular complexity index is 465. The molecule has 0 aromatic carbocycles. The predicted octanol–water partition coefficient (Wildman–Crippen LogP) is 1.34. The second kappa shape index (κ2) is 7.04. The molecule has 0 unspecified atom stereocenters. The van der Waals surface area contributed by atoms with Gasteiger partial charge in [0.25, 0.3) is 5.91 Å². The summed E-state index contributed by atoms with van der Waals surface area (Å²) < 4.78 is 9.97. The number of hydrogen-bond donors (Lipinski definition) is 2. The van der Waals surface area contributed by atoms with E-state index >= 15 is 0 Å². The number of ether oxygens (including phenoxy) is 1. The average molecular weight is 282 g/mol. The van der Waals surface area contributed by atoms with Crippen LogP contribution in [-0.2, 0) is 16.1 Å². The molecule has 2 rings (SSSR count). The summed E-state index contributed by atoms with van der Waals surface area (Å²) in [5.74, 6) is -1.11. The molecule has 1 heterocycles. The molecule has 110 valence electrons. The van der Waals surface area contributed by atoms with Crippen LogP contribution in [0, 0.1) is 0 Å². The molecule has 1 aromatic rings. The van der Waals surface area contributed by atoms with E-state index in [1.807, 2.05) is 0 Å². The highest BCUT2D eigenvalue weighted by molar-refractivity contribution is 5.93. The minimum atomic E-state index is -1.07. The molecule has 7 nitrogen and oxygen atoms in total. The number of hydrogen-bond acceptors (Lipinski definition) is 5. The highest BCUT2D eigenvalue weighted by atomic mass is 16.5. The van der Waals surface area contributed by atoms with Gasteiger partial charge in [0.2, 0.25) is 0 Å². The molecule has 1 amide bonds. The Balaban J connectivity index is 1.89. The summed E-state index contributed by atoms with van der Waals surface area (Å²) in [6, 6.07) is 0.181. The third kappa shape index (κ3) is 4.06. The molecule has 0 spiro atoms. The Morgan fingerprint density at radius 3 is 2.85 bits per heavy atom. The molecule has 1 saturated carbocycles. The van der Waals surface area contributed by atoms with E-state index in [0.717, 1.165) is 32.1 Å². The van der Waals surface area contributed by atoms with Crippen molar-refractivity contribution in [3.8, 4) is 0 Å². The van der Waals surface area contributed by atoms with E-state index in [2.05, 4.69) is 10.3 Å². The van der Waals surface area contributed by atoms with E-state index in [1.165, 1.54) is 6.42 Å². The Kier molecular flexibility index (Phi) is 5.11. The molecule has 2 N–H and O–H groups in total. The second-order valence-corrected chi connectivity index (χ2v) is 4.82. The average Bonchev–Trinajstić information content (AvgIpc) is 2.88. The number of rotatable bonds is 6. The van der Waals surface area contributed by atoms with Crippen LogP contribution in [0.25, 0.3) is 0 Å². The van der Waals surface area contributed by atoms with Gasteiger partial charge < -0.3 is 19.6 Å². The molecule has 1 aliphatic rings. The van der Waals surface area contributed by atoms with Gasteiger partial charge in [-0.3, -0.25) is 4.79 Å². The molecule has 0 bridgehead atoms. The summed E-state index contributed by atoms with van der Waals surface area (Å²) in [6.45, 7) is -0.524. The summed E-state index contributed by atoms with van der Waals surface area (Å²) in [5.41, 5.74) is 0.168. The van der Waals surface area contributed by atoms with Gasteiger partial charge in [0, 0.05) is 6.04 Å². The van der Waals surface area contributed by atoms with Crippen molar-refractivity contribution < 1.29 is 23.8 Å². The molecule has 20 heavy (non-hydrogen) atoms. The fraction of sp³-hybridized carbons (Fsp3) is 0.615. The van der Waals surface area contributed by atoms with Gasteiger partial charge in [0.05, 0.1) is 0 Å². The standard InChI is InChI=1S/C13H18N2O5/c16-11(17)7-19-6-10-12(14-8-20-10)13(18)15-9-4-2-1-3-5-9/h8-9H,1-7H2,(H,15,18)(H,16,17). The first-order chi connectivity index (χ1) is 9.66. The van der Waals surface area contributed by atoms with E-state index in [9.17, 15) is 9.59 Å². The topological polar surface area (TPSA) is 102 Å². The zero-order valence-electron chi connectivity index (χ0n) is 11.1. The minimum Gasteiger partial charge on any atom is -0.480 e. The number of carbonyl (C=O) groups is 2. The Morgan fingerprint density at radius 1 is 1.40 bits per heavy atom. The van der Waals surface area contributed by atoms with E-state index in [4.69, 9.17) is 14.3 Å². The highest BCUT2D eigenvalue weighted by Crippen LogP contribution is 2.18. The number of carbonyl (C=O) groups excluding carboxylic acids is 1. The van der Waals surface area contributed by atoms with Gasteiger partial charge in [0.15, 0.2) is 17.8 Å². The zero-order valence-corrected chi connectivity index (χ0v) is 11.1. The third-order valence-corrected chi connectivity index (χ3v) is 3.26. The van der Waals surface area contributed by atoms with Gasteiger partial charge in [0.1, 0.15) is 13.2 Å². The molecule has 0 saturated heterocycles. The lowest BCUT2D eigenvalue weighted by Gasteiger charge is -2.22. The van der Waals surface area contributed by atoms with E-state index in [-0.39, 0.29) is 30.0 Å². The van der Waals surface area contributed by atoms with Crippen LogP contribution in [0.3, 0.4) is 0 Å². The molecule has 7 heteroatoms. The van der Waals surface area contributed by atoms with Gasteiger partial charge in [-0.1, -0.05) is 19.3 Å². The smallest absolute Gasteiger partial charge is 0.329 e. The normalized spacial score (nSPS) is 16.0. The van der Waals surface area contributed by atoms with Crippen molar-refractivity contribution in [1.29, 1.82) is 0 Å². The van der Waals surface area contributed by atoms with Crippen molar-refractivity contribution in [2.75, 3.05) is 6.61 Å². The van der Waals surface area contributed by atoms with Crippen LogP contribution in [0.4, 0.5) is 0 Å². The lowest BCUT2D eigenvalue weighted by molar-refractivity contribution is -0.142. The van der Waals surface area contributed by atoms with Gasteiger partial charge in [-0.2, -0.15) is 0 Å². The lowest BCUT2D eigenvalue weighted by atomic mass is 9.95. The SMILES string of the molecule is O=C(O)COCc1ocnc1C(=O)NC1CCCCC1. The van der Waals surface area contributed by atoms with E-state index in [1.54, 1.807) is 0 Å². The van der Waals surface area contributed by atoms with Crippen LogP contribution in [0.1, 0.15) is 48.4 Å². The van der Waals surface area contributed by atoms with Crippen molar-refractivity contribution in [3.05, 3.63) is 17.8 Å². The fourth-order valence-electron chi connectivity index (χ4n) is 2.29.